The van der Waals surface area contributed by atoms with Gasteiger partial charge in [-0.3, -0.25) is 4.79 Å². The van der Waals surface area contributed by atoms with Crippen molar-refractivity contribution in [2.45, 2.75) is 43.6 Å². The number of carbonyl (C=O) groups is 2. The number of ether oxygens (including phenoxy) is 3. The Hall–Kier alpha value is -2.77. The van der Waals surface area contributed by atoms with Crippen molar-refractivity contribution >= 4 is 35.1 Å². The van der Waals surface area contributed by atoms with Crippen molar-refractivity contribution in [1.82, 2.24) is 9.80 Å². The number of alkyl halides is 3. The van der Waals surface area contributed by atoms with Crippen LogP contribution >= 0.6 is 23.2 Å². The van der Waals surface area contributed by atoms with Crippen LogP contribution in [0.3, 0.4) is 0 Å². The van der Waals surface area contributed by atoms with Gasteiger partial charge in [0.2, 0.25) is 0 Å². The molecular formula is C29H31Cl2F3N2O7. The van der Waals surface area contributed by atoms with Gasteiger partial charge in [-0.25, -0.2) is 4.79 Å². The molecule has 2 fully saturated rings. The molecule has 1 spiro atoms. The van der Waals surface area contributed by atoms with Gasteiger partial charge in [0.1, 0.15) is 29.8 Å². The minimum atomic E-state index is -5.27. The fraction of sp³-hybridized carbons (Fsp3) is 0.517. The molecule has 14 heteroatoms. The number of piperidine rings is 1. The number of esters is 1. The smallest absolute Gasteiger partial charge is 0.490 e. The molecule has 2 atom stereocenters. The predicted molar refractivity (Wildman–Crippen MR) is 150 cm³/mol. The van der Waals surface area contributed by atoms with Crippen LogP contribution in [0.2, 0.25) is 10.0 Å². The number of amides is 1. The van der Waals surface area contributed by atoms with E-state index in [4.69, 9.17) is 32.7 Å². The van der Waals surface area contributed by atoms with Crippen molar-refractivity contribution in [3.05, 3.63) is 51.5 Å². The van der Waals surface area contributed by atoms with Crippen molar-refractivity contribution in [2.24, 2.45) is 5.92 Å². The Morgan fingerprint density at radius 1 is 1.12 bits per heavy atom. The van der Waals surface area contributed by atoms with E-state index in [-0.39, 0.29) is 49.1 Å². The van der Waals surface area contributed by atoms with Gasteiger partial charge < -0.3 is 34.2 Å². The maximum absolute atomic E-state index is 13.3. The van der Waals surface area contributed by atoms with Gasteiger partial charge in [0.25, 0.3) is 5.91 Å². The molecule has 3 aliphatic heterocycles. The van der Waals surface area contributed by atoms with E-state index in [1.807, 2.05) is 12.1 Å². The van der Waals surface area contributed by atoms with Gasteiger partial charge in [-0.05, 0) is 36.2 Å². The molecule has 3 aliphatic rings. The predicted octanol–water partition coefficient (Wildman–Crippen LogP) is 4.12. The monoisotopic (exact) mass is 646 g/mol. The third-order valence-electron chi connectivity index (χ3n) is 8.06. The lowest BCUT2D eigenvalue weighted by molar-refractivity contribution is -0.189. The van der Waals surface area contributed by atoms with Crippen LogP contribution in [0.5, 0.6) is 17.2 Å². The number of hydrogen-bond donors (Lipinski definition) is 2. The number of rotatable bonds is 8. The number of aliphatic hydroxyl groups excluding tert-OH is 2. The van der Waals surface area contributed by atoms with E-state index in [1.165, 1.54) is 4.90 Å². The Balaban J connectivity index is 1.23. The van der Waals surface area contributed by atoms with E-state index < -0.39 is 34.9 Å². The minimum absolute atomic E-state index is 0.0689. The third kappa shape index (κ3) is 7.31. The molecule has 5 rings (SSSR count). The number of halogens is 5. The molecule has 0 bridgehead atoms. The number of hydrogen-bond acceptors (Lipinski definition) is 8. The third-order valence-corrected chi connectivity index (χ3v) is 8.59. The molecule has 0 saturated carbocycles. The zero-order valence-corrected chi connectivity index (χ0v) is 24.6. The largest absolute Gasteiger partial charge is 0.491 e. The number of likely N-dealkylation sites (tertiary alicyclic amines) is 2. The van der Waals surface area contributed by atoms with Crippen LogP contribution in [0.4, 0.5) is 13.2 Å². The van der Waals surface area contributed by atoms with Crippen LogP contribution in [0.15, 0.2) is 30.3 Å². The van der Waals surface area contributed by atoms with E-state index in [9.17, 15) is 33.0 Å². The SMILES string of the molecule is O=C(c1cc(Cl)c(OC(=O)C(F)(F)F)cc1OC[C@H](O)CN1CCC2(CC1)Cc1cc(Cl)ccc1O2)N1CC[C@@H](CO)C1. The van der Waals surface area contributed by atoms with Crippen LogP contribution in [-0.2, 0) is 11.2 Å². The molecule has 0 aliphatic carbocycles. The van der Waals surface area contributed by atoms with Crippen molar-refractivity contribution in [3.63, 3.8) is 0 Å². The maximum Gasteiger partial charge on any atom is 0.491 e. The molecule has 3 heterocycles. The molecule has 0 aromatic heterocycles. The topological polar surface area (TPSA) is 109 Å². The first-order valence-corrected chi connectivity index (χ1v) is 14.6. The van der Waals surface area contributed by atoms with Crippen LogP contribution in [0, 0.1) is 5.92 Å². The molecule has 2 N–H and O–H groups in total. The lowest BCUT2D eigenvalue weighted by atomic mass is 9.87. The van der Waals surface area contributed by atoms with Crippen molar-refractivity contribution < 1.29 is 47.2 Å². The molecule has 2 aromatic carbocycles. The second-order valence-electron chi connectivity index (χ2n) is 11.2. The van der Waals surface area contributed by atoms with E-state index in [2.05, 4.69) is 9.64 Å². The molecule has 9 nitrogen and oxygen atoms in total. The van der Waals surface area contributed by atoms with Gasteiger partial charge in [0.05, 0.1) is 10.6 Å². The maximum atomic E-state index is 13.3. The lowest BCUT2D eigenvalue weighted by Crippen LogP contribution is -2.49. The summed E-state index contributed by atoms with van der Waals surface area (Å²) >= 11 is 12.2. The first kappa shape index (κ1) is 31.6. The number of nitrogens with zero attached hydrogens (tertiary/aromatic N) is 2. The zero-order chi connectivity index (χ0) is 30.9. The van der Waals surface area contributed by atoms with E-state index in [0.717, 1.165) is 42.7 Å². The van der Waals surface area contributed by atoms with Gasteiger partial charge in [0, 0.05) is 75.6 Å². The summed E-state index contributed by atoms with van der Waals surface area (Å²) in [6.45, 7) is 1.79. The quantitative estimate of drug-likeness (QED) is 0.326. The normalized spacial score (nSPS) is 20.5. The Kier molecular flexibility index (Phi) is 9.34. The summed E-state index contributed by atoms with van der Waals surface area (Å²) in [6.07, 6.45) is -3.47. The minimum Gasteiger partial charge on any atom is -0.490 e. The number of fused-ring (bicyclic) bond motifs is 1. The summed E-state index contributed by atoms with van der Waals surface area (Å²) in [5.41, 5.74) is 0.683. The first-order valence-electron chi connectivity index (χ1n) is 13.9. The number of benzene rings is 2. The fourth-order valence-corrected chi connectivity index (χ4v) is 6.15. The van der Waals surface area contributed by atoms with Crippen LogP contribution in [0.25, 0.3) is 0 Å². The Morgan fingerprint density at radius 3 is 2.53 bits per heavy atom. The van der Waals surface area contributed by atoms with Gasteiger partial charge >= 0.3 is 12.1 Å². The molecule has 1 amide bonds. The summed E-state index contributed by atoms with van der Waals surface area (Å²) in [5, 5.41) is 20.5. The first-order chi connectivity index (χ1) is 20.4. The van der Waals surface area contributed by atoms with Gasteiger partial charge in [-0.2, -0.15) is 13.2 Å². The highest BCUT2D eigenvalue weighted by Crippen LogP contribution is 2.42. The summed E-state index contributed by atoms with van der Waals surface area (Å²) in [4.78, 5) is 28.3. The van der Waals surface area contributed by atoms with E-state index in [0.29, 0.717) is 31.1 Å². The van der Waals surface area contributed by atoms with Gasteiger partial charge in [-0.1, -0.05) is 23.2 Å². The Labute approximate surface area is 256 Å². The summed E-state index contributed by atoms with van der Waals surface area (Å²) < 4.78 is 54.9. The molecular weight excluding hydrogens is 616 g/mol. The lowest BCUT2D eigenvalue weighted by Gasteiger charge is -2.39. The van der Waals surface area contributed by atoms with Gasteiger partial charge in [0.15, 0.2) is 5.75 Å². The summed E-state index contributed by atoms with van der Waals surface area (Å²) in [5.74, 6) is -3.11. The van der Waals surface area contributed by atoms with Crippen molar-refractivity contribution in [3.8, 4) is 17.2 Å². The summed E-state index contributed by atoms with van der Waals surface area (Å²) in [6, 6.07) is 7.61. The molecule has 2 saturated heterocycles. The second-order valence-corrected chi connectivity index (χ2v) is 12.1. The highest BCUT2D eigenvalue weighted by molar-refractivity contribution is 6.32. The number of aliphatic hydroxyl groups is 2. The van der Waals surface area contributed by atoms with Crippen LogP contribution in [-0.4, -0.2) is 95.7 Å². The molecule has 0 unspecified atom stereocenters. The second kappa shape index (κ2) is 12.7. The number of carbonyl (C=O) groups excluding carboxylic acids is 2. The van der Waals surface area contributed by atoms with Crippen LogP contribution < -0.4 is 14.2 Å². The molecule has 0 radical (unpaired) electrons. The molecule has 2 aromatic rings. The standard InChI is InChI=1S/C29H31Cl2F3N2O7/c30-19-1-2-23-18(9-19)12-28(43-23)4-7-35(8-5-28)14-20(38)16-41-24-11-25(42-27(40)29(32,33)34)22(31)10-21(24)26(39)36-6-3-17(13-36)15-37/h1-2,9-11,17,20,37-38H,3-8,12-16H2/t17-,20-/m1/s1. The Morgan fingerprint density at radius 2 is 1.86 bits per heavy atom. The highest BCUT2D eigenvalue weighted by atomic mass is 35.5. The average Bonchev–Trinajstić information content (AvgIpc) is 3.58. The summed E-state index contributed by atoms with van der Waals surface area (Å²) in [7, 11) is 0. The van der Waals surface area contributed by atoms with Crippen LogP contribution in [0.1, 0.15) is 35.2 Å². The highest BCUT2D eigenvalue weighted by Gasteiger charge is 2.43. The zero-order valence-electron chi connectivity index (χ0n) is 23.0. The fourth-order valence-electron chi connectivity index (χ4n) is 5.75. The van der Waals surface area contributed by atoms with Crippen molar-refractivity contribution in [1.29, 1.82) is 0 Å². The number of β-amino-alcohol motifs (C(OH)–C–C–N with tert-alkyl or cyclic N) is 1. The Bertz CT molecular complexity index is 1370. The average molecular weight is 647 g/mol. The molecule has 43 heavy (non-hydrogen) atoms. The van der Waals surface area contributed by atoms with E-state index >= 15 is 0 Å². The van der Waals surface area contributed by atoms with Crippen molar-refractivity contribution in [2.75, 3.05) is 45.9 Å². The van der Waals surface area contributed by atoms with E-state index in [1.54, 1.807) is 6.07 Å². The molecule has 234 valence electrons. The van der Waals surface area contributed by atoms with Gasteiger partial charge in [-0.15, -0.1) is 0 Å².